The molecule has 22 heavy (non-hydrogen) atoms. The van der Waals surface area contributed by atoms with Crippen LogP contribution in [0.4, 0.5) is 0 Å². The Balaban J connectivity index is 1.64. The van der Waals surface area contributed by atoms with Gasteiger partial charge in [0.1, 0.15) is 0 Å². The number of rotatable bonds is 6. The standard InChI is InChI=1S/C18H25NO3/c1-3-22-16-11-15(18(16)8-5-9-18)19-17(20)14-7-4-6-13(10-14)12-21-2/h4,6-7,10,15-16H,3,5,8-9,11-12H2,1-2H3,(H,19,20)/t15-,16-/m1/s1. The maximum Gasteiger partial charge on any atom is 0.251 e. The maximum absolute atomic E-state index is 12.5. The average molecular weight is 303 g/mol. The van der Waals surface area contributed by atoms with E-state index in [2.05, 4.69) is 5.32 Å². The predicted octanol–water partition coefficient (Wildman–Crippen LogP) is 2.91. The van der Waals surface area contributed by atoms with E-state index in [9.17, 15) is 4.79 Å². The van der Waals surface area contributed by atoms with Gasteiger partial charge in [-0.15, -0.1) is 0 Å². The molecule has 2 fully saturated rings. The smallest absolute Gasteiger partial charge is 0.251 e. The zero-order valence-electron chi connectivity index (χ0n) is 13.4. The summed E-state index contributed by atoms with van der Waals surface area (Å²) in [5, 5.41) is 3.22. The van der Waals surface area contributed by atoms with Gasteiger partial charge in [-0.05, 0) is 43.9 Å². The Kier molecular flexibility index (Phi) is 4.50. The summed E-state index contributed by atoms with van der Waals surface area (Å²) in [4.78, 5) is 12.5. The third-order valence-electron chi connectivity index (χ3n) is 5.24. The number of carbonyl (C=O) groups is 1. The minimum absolute atomic E-state index is 0.0178. The fourth-order valence-corrected chi connectivity index (χ4v) is 3.85. The number of methoxy groups -OCH3 is 1. The van der Waals surface area contributed by atoms with Gasteiger partial charge in [-0.25, -0.2) is 0 Å². The minimum Gasteiger partial charge on any atom is -0.380 e. The lowest BCUT2D eigenvalue weighted by atomic mass is 9.51. The molecule has 2 aliphatic carbocycles. The molecule has 0 bridgehead atoms. The van der Waals surface area contributed by atoms with E-state index in [1.807, 2.05) is 31.2 Å². The van der Waals surface area contributed by atoms with Crippen molar-refractivity contribution in [1.82, 2.24) is 5.32 Å². The highest BCUT2D eigenvalue weighted by Gasteiger charge is 2.59. The van der Waals surface area contributed by atoms with Crippen LogP contribution in [0.2, 0.25) is 0 Å². The van der Waals surface area contributed by atoms with E-state index in [1.165, 1.54) is 19.3 Å². The van der Waals surface area contributed by atoms with Crippen LogP contribution in [0.25, 0.3) is 0 Å². The van der Waals surface area contributed by atoms with E-state index < -0.39 is 0 Å². The van der Waals surface area contributed by atoms with Crippen LogP contribution in [0.1, 0.15) is 48.5 Å². The van der Waals surface area contributed by atoms with Crippen LogP contribution in [0, 0.1) is 5.41 Å². The molecular weight excluding hydrogens is 278 g/mol. The molecule has 0 aliphatic heterocycles. The summed E-state index contributed by atoms with van der Waals surface area (Å²) in [6.07, 6.45) is 4.87. The molecule has 2 saturated carbocycles. The first kappa shape index (κ1) is 15.5. The first-order valence-electron chi connectivity index (χ1n) is 8.20. The van der Waals surface area contributed by atoms with Crippen LogP contribution in [-0.2, 0) is 16.1 Å². The van der Waals surface area contributed by atoms with E-state index in [1.54, 1.807) is 7.11 Å². The molecule has 0 aromatic heterocycles. The maximum atomic E-state index is 12.5. The lowest BCUT2D eigenvalue weighted by molar-refractivity contribution is -0.169. The van der Waals surface area contributed by atoms with Crippen molar-refractivity contribution in [2.75, 3.05) is 13.7 Å². The molecular formula is C18H25NO3. The fraction of sp³-hybridized carbons (Fsp3) is 0.611. The zero-order chi connectivity index (χ0) is 15.6. The third-order valence-corrected chi connectivity index (χ3v) is 5.24. The highest BCUT2D eigenvalue weighted by Crippen LogP contribution is 2.57. The Morgan fingerprint density at radius 1 is 1.41 bits per heavy atom. The van der Waals surface area contributed by atoms with Crippen molar-refractivity contribution in [3.63, 3.8) is 0 Å². The number of amides is 1. The van der Waals surface area contributed by atoms with Crippen molar-refractivity contribution < 1.29 is 14.3 Å². The Morgan fingerprint density at radius 3 is 2.86 bits per heavy atom. The molecule has 0 radical (unpaired) electrons. The first-order valence-corrected chi connectivity index (χ1v) is 8.20. The van der Waals surface area contributed by atoms with Crippen LogP contribution < -0.4 is 5.32 Å². The number of ether oxygens (including phenoxy) is 2. The van der Waals surface area contributed by atoms with Gasteiger partial charge in [-0.2, -0.15) is 0 Å². The molecule has 4 nitrogen and oxygen atoms in total. The molecule has 1 aromatic carbocycles. The predicted molar refractivity (Wildman–Crippen MR) is 84.7 cm³/mol. The largest absolute Gasteiger partial charge is 0.380 e. The molecule has 4 heteroatoms. The molecule has 3 rings (SSSR count). The van der Waals surface area contributed by atoms with Crippen LogP contribution in [0.3, 0.4) is 0 Å². The van der Waals surface area contributed by atoms with Gasteiger partial charge < -0.3 is 14.8 Å². The Labute approximate surface area is 132 Å². The summed E-state index contributed by atoms with van der Waals surface area (Å²) in [6.45, 7) is 3.33. The Morgan fingerprint density at radius 2 is 2.23 bits per heavy atom. The lowest BCUT2D eigenvalue weighted by Gasteiger charge is -2.61. The summed E-state index contributed by atoms with van der Waals surface area (Å²) >= 11 is 0. The third kappa shape index (κ3) is 2.66. The minimum atomic E-state index is 0.0178. The second-order valence-corrected chi connectivity index (χ2v) is 6.43. The molecule has 120 valence electrons. The highest BCUT2D eigenvalue weighted by molar-refractivity contribution is 5.94. The molecule has 0 unspecified atom stereocenters. The molecule has 2 atom stereocenters. The summed E-state index contributed by atoms with van der Waals surface area (Å²) in [5.41, 5.74) is 1.94. The fourth-order valence-electron chi connectivity index (χ4n) is 3.85. The zero-order valence-corrected chi connectivity index (χ0v) is 13.4. The quantitative estimate of drug-likeness (QED) is 0.879. The summed E-state index contributed by atoms with van der Waals surface area (Å²) in [7, 11) is 1.66. The van der Waals surface area contributed by atoms with E-state index in [0.29, 0.717) is 18.3 Å². The van der Waals surface area contributed by atoms with Gasteiger partial charge in [0.15, 0.2) is 0 Å². The van der Waals surface area contributed by atoms with E-state index in [4.69, 9.17) is 9.47 Å². The van der Waals surface area contributed by atoms with Gasteiger partial charge in [-0.1, -0.05) is 18.6 Å². The number of carbonyl (C=O) groups excluding carboxylic acids is 1. The van der Waals surface area contributed by atoms with Crippen molar-refractivity contribution in [1.29, 1.82) is 0 Å². The summed E-state index contributed by atoms with van der Waals surface area (Å²) in [6, 6.07) is 7.91. The van der Waals surface area contributed by atoms with Crippen molar-refractivity contribution in [3.05, 3.63) is 35.4 Å². The lowest BCUT2D eigenvalue weighted by Crippen LogP contribution is -2.67. The molecule has 1 spiro atoms. The summed E-state index contributed by atoms with van der Waals surface area (Å²) in [5.74, 6) is 0.0178. The molecule has 0 heterocycles. The summed E-state index contributed by atoms with van der Waals surface area (Å²) < 4.78 is 11.0. The second-order valence-electron chi connectivity index (χ2n) is 6.43. The number of nitrogens with one attached hydrogen (secondary N) is 1. The highest BCUT2D eigenvalue weighted by atomic mass is 16.5. The molecule has 0 saturated heterocycles. The van der Waals surface area contributed by atoms with Crippen LogP contribution >= 0.6 is 0 Å². The number of benzene rings is 1. The SMILES string of the molecule is CCO[C@@H]1C[C@@H](NC(=O)c2cccc(COC)c2)C12CCC2. The Bertz CT molecular complexity index is 539. The van der Waals surface area contributed by atoms with Gasteiger partial charge in [0.25, 0.3) is 5.91 Å². The Hall–Kier alpha value is -1.39. The van der Waals surface area contributed by atoms with Gasteiger partial charge in [0.05, 0.1) is 12.7 Å². The van der Waals surface area contributed by atoms with Crippen LogP contribution in [0.5, 0.6) is 0 Å². The van der Waals surface area contributed by atoms with Crippen molar-refractivity contribution >= 4 is 5.91 Å². The first-order chi connectivity index (χ1) is 10.7. The van der Waals surface area contributed by atoms with Gasteiger partial charge in [0.2, 0.25) is 0 Å². The molecule has 1 amide bonds. The van der Waals surface area contributed by atoms with Gasteiger partial charge in [-0.3, -0.25) is 4.79 Å². The van der Waals surface area contributed by atoms with Gasteiger partial charge in [0, 0.05) is 30.7 Å². The molecule has 2 aliphatic rings. The van der Waals surface area contributed by atoms with Crippen molar-refractivity contribution in [2.24, 2.45) is 5.41 Å². The van der Waals surface area contributed by atoms with Crippen LogP contribution in [0.15, 0.2) is 24.3 Å². The van der Waals surface area contributed by atoms with Crippen molar-refractivity contribution in [3.8, 4) is 0 Å². The molecule has 1 aromatic rings. The van der Waals surface area contributed by atoms with E-state index in [-0.39, 0.29) is 17.4 Å². The van der Waals surface area contributed by atoms with Gasteiger partial charge >= 0.3 is 0 Å². The topological polar surface area (TPSA) is 47.6 Å². The van der Waals surface area contributed by atoms with E-state index in [0.717, 1.165) is 18.6 Å². The molecule has 1 N–H and O–H groups in total. The number of hydrogen-bond acceptors (Lipinski definition) is 3. The normalized spacial score (nSPS) is 25.4. The van der Waals surface area contributed by atoms with E-state index >= 15 is 0 Å². The van der Waals surface area contributed by atoms with Crippen LogP contribution in [-0.4, -0.2) is 31.8 Å². The van der Waals surface area contributed by atoms with Crippen molar-refractivity contribution in [2.45, 2.75) is 51.4 Å². The number of hydrogen-bond donors (Lipinski definition) is 1. The monoisotopic (exact) mass is 303 g/mol. The average Bonchev–Trinajstić information content (AvgIpc) is 2.45. The second kappa shape index (κ2) is 6.39.